The number of rotatable bonds is 9. The molecule has 0 aromatic heterocycles. The predicted molar refractivity (Wildman–Crippen MR) is 121 cm³/mol. The van der Waals surface area contributed by atoms with Crippen molar-refractivity contribution in [1.82, 2.24) is 5.32 Å². The van der Waals surface area contributed by atoms with Gasteiger partial charge in [-0.1, -0.05) is 35.9 Å². The second-order valence-electron chi connectivity index (χ2n) is 7.11. The maximum absolute atomic E-state index is 12.8. The van der Waals surface area contributed by atoms with Gasteiger partial charge in [0.25, 0.3) is 0 Å². The van der Waals surface area contributed by atoms with E-state index in [4.69, 9.17) is 16.3 Å². The SMILES string of the molecule is CCOC(=O)/C=C/CNCCCCN1c2ccccc2CC(=O)c2ccc(Cl)cc21. The smallest absolute Gasteiger partial charge is 0.330 e. The summed E-state index contributed by atoms with van der Waals surface area (Å²) in [5.74, 6) is -0.197. The molecule has 5 nitrogen and oxygen atoms in total. The summed E-state index contributed by atoms with van der Waals surface area (Å²) in [4.78, 5) is 26.2. The molecule has 1 N–H and O–H groups in total. The summed E-state index contributed by atoms with van der Waals surface area (Å²) in [6, 6.07) is 13.6. The number of ether oxygens (including phenoxy) is 1. The minimum Gasteiger partial charge on any atom is -0.463 e. The summed E-state index contributed by atoms with van der Waals surface area (Å²) in [6.07, 6.45) is 5.53. The van der Waals surface area contributed by atoms with E-state index in [2.05, 4.69) is 16.3 Å². The van der Waals surface area contributed by atoms with Gasteiger partial charge in [0, 0.05) is 41.9 Å². The lowest BCUT2D eigenvalue weighted by Gasteiger charge is -2.27. The van der Waals surface area contributed by atoms with Crippen molar-refractivity contribution in [1.29, 1.82) is 0 Å². The summed E-state index contributed by atoms with van der Waals surface area (Å²) >= 11 is 6.26. The fourth-order valence-electron chi connectivity index (χ4n) is 3.58. The van der Waals surface area contributed by atoms with Gasteiger partial charge < -0.3 is 15.0 Å². The first kappa shape index (κ1) is 22.1. The number of esters is 1. The highest BCUT2D eigenvalue weighted by molar-refractivity contribution is 6.31. The molecule has 0 saturated heterocycles. The number of halogens is 1. The molecule has 1 aliphatic heterocycles. The summed E-state index contributed by atoms with van der Waals surface area (Å²) in [5, 5.41) is 3.93. The maximum atomic E-state index is 12.8. The first-order chi connectivity index (χ1) is 14.6. The van der Waals surface area contributed by atoms with Crippen molar-refractivity contribution < 1.29 is 14.3 Å². The van der Waals surface area contributed by atoms with E-state index in [9.17, 15) is 9.59 Å². The minimum absolute atomic E-state index is 0.117. The Morgan fingerprint density at radius 2 is 2.03 bits per heavy atom. The lowest BCUT2D eigenvalue weighted by Crippen LogP contribution is -2.22. The molecular formula is C24H27ClN2O3. The molecule has 0 fully saturated rings. The fraction of sp³-hybridized carbons (Fsp3) is 0.333. The van der Waals surface area contributed by atoms with Crippen molar-refractivity contribution >= 4 is 34.7 Å². The average Bonchev–Trinajstić information content (AvgIpc) is 2.84. The van der Waals surface area contributed by atoms with Crippen molar-refractivity contribution in [2.24, 2.45) is 0 Å². The van der Waals surface area contributed by atoms with E-state index in [1.54, 1.807) is 19.1 Å². The van der Waals surface area contributed by atoms with Gasteiger partial charge in [0.1, 0.15) is 0 Å². The molecule has 158 valence electrons. The van der Waals surface area contributed by atoms with Gasteiger partial charge in [0.15, 0.2) is 5.78 Å². The number of hydrogen-bond acceptors (Lipinski definition) is 5. The molecule has 0 amide bonds. The molecule has 2 aromatic carbocycles. The molecule has 0 atom stereocenters. The summed E-state index contributed by atoms with van der Waals surface area (Å²) < 4.78 is 4.85. The van der Waals surface area contributed by atoms with Gasteiger partial charge in [-0.15, -0.1) is 0 Å². The van der Waals surface area contributed by atoms with Gasteiger partial charge in [-0.3, -0.25) is 4.79 Å². The molecule has 1 aliphatic rings. The van der Waals surface area contributed by atoms with Gasteiger partial charge in [-0.05, 0) is 56.1 Å². The summed E-state index contributed by atoms with van der Waals surface area (Å²) in [7, 11) is 0. The van der Waals surface area contributed by atoms with E-state index in [1.165, 1.54) is 6.08 Å². The van der Waals surface area contributed by atoms with E-state index < -0.39 is 0 Å². The molecule has 6 heteroatoms. The Morgan fingerprint density at radius 1 is 1.20 bits per heavy atom. The second-order valence-corrected chi connectivity index (χ2v) is 7.54. The number of unbranched alkanes of at least 4 members (excludes halogenated alkanes) is 1. The lowest BCUT2D eigenvalue weighted by molar-refractivity contribution is -0.137. The number of hydrogen-bond donors (Lipinski definition) is 1. The van der Waals surface area contributed by atoms with Crippen LogP contribution >= 0.6 is 11.6 Å². The summed E-state index contributed by atoms with van der Waals surface area (Å²) in [5.41, 5.74) is 3.70. The Morgan fingerprint density at radius 3 is 2.87 bits per heavy atom. The average molecular weight is 427 g/mol. The van der Waals surface area contributed by atoms with Crippen molar-refractivity contribution in [3.05, 3.63) is 70.8 Å². The predicted octanol–water partition coefficient (Wildman–Crippen LogP) is 4.71. The quantitative estimate of drug-likeness (QED) is 0.357. The minimum atomic E-state index is -0.314. The number of benzene rings is 2. The maximum Gasteiger partial charge on any atom is 0.330 e. The lowest BCUT2D eigenvalue weighted by atomic mass is 10.0. The highest BCUT2D eigenvalue weighted by Crippen LogP contribution is 2.37. The highest BCUT2D eigenvalue weighted by atomic mass is 35.5. The Kier molecular flexibility index (Phi) is 8.05. The van der Waals surface area contributed by atoms with E-state index in [1.807, 2.05) is 30.3 Å². The molecular weight excluding hydrogens is 400 g/mol. The highest BCUT2D eigenvalue weighted by Gasteiger charge is 2.25. The second kappa shape index (κ2) is 11.0. The number of ketones is 1. The molecule has 0 spiro atoms. The van der Waals surface area contributed by atoms with Crippen molar-refractivity contribution in [3.8, 4) is 0 Å². The van der Waals surface area contributed by atoms with Crippen LogP contribution in [0.1, 0.15) is 35.7 Å². The van der Waals surface area contributed by atoms with Crippen LogP contribution in [0.5, 0.6) is 0 Å². The first-order valence-corrected chi connectivity index (χ1v) is 10.7. The third-order valence-corrected chi connectivity index (χ3v) is 5.21. The Hall–Kier alpha value is -2.63. The number of nitrogens with one attached hydrogen (secondary N) is 1. The van der Waals surface area contributed by atoms with E-state index in [0.717, 1.165) is 48.4 Å². The molecule has 3 rings (SSSR count). The standard InChI is InChI=1S/C24H27ClN2O3/c1-2-30-24(29)10-7-14-26-13-5-6-15-27-21-9-4-3-8-18(21)16-23(28)20-12-11-19(25)17-22(20)27/h3-4,7-12,17,26H,2,5-6,13-16H2,1H3/b10-7+. The van der Waals surface area contributed by atoms with Crippen LogP contribution in [0.3, 0.4) is 0 Å². The van der Waals surface area contributed by atoms with E-state index in [-0.39, 0.29) is 11.8 Å². The monoisotopic (exact) mass is 426 g/mol. The van der Waals surface area contributed by atoms with Crippen LogP contribution in [0, 0.1) is 0 Å². The number of fused-ring (bicyclic) bond motifs is 2. The fourth-order valence-corrected chi connectivity index (χ4v) is 3.74. The largest absolute Gasteiger partial charge is 0.463 e. The van der Waals surface area contributed by atoms with Gasteiger partial charge in [0.2, 0.25) is 0 Å². The molecule has 1 heterocycles. The molecule has 0 aliphatic carbocycles. The van der Waals surface area contributed by atoms with Gasteiger partial charge in [-0.25, -0.2) is 4.79 Å². The van der Waals surface area contributed by atoms with Crippen molar-refractivity contribution in [2.75, 3.05) is 31.1 Å². The number of carbonyl (C=O) groups is 2. The van der Waals surface area contributed by atoms with Crippen LogP contribution in [0.2, 0.25) is 5.02 Å². The Balaban J connectivity index is 1.60. The molecule has 0 unspecified atom stereocenters. The zero-order chi connectivity index (χ0) is 21.3. The van der Waals surface area contributed by atoms with Crippen LogP contribution in [0.25, 0.3) is 0 Å². The molecule has 0 bridgehead atoms. The molecule has 0 radical (unpaired) electrons. The van der Waals surface area contributed by atoms with Gasteiger partial charge >= 0.3 is 5.97 Å². The zero-order valence-electron chi connectivity index (χ0n) is 17.2. The number of nitrogens with zero attached hydrogens (tertiary/aromatic N) is 1. The molecule has 30 heavy (non-hydrogen) atoms. The zero-order valence-corrected chi connectivity index (χ0v) is 18.0. The van der Waals surface area contributed by atoms with Crippen LogP contribution in [0.4, 0.5) is 11.4 Å². The number of para-hydroxylation sites is 1. The number of carbonyl (C=O) groups excluding carboxylic acids is 2. The van der Waals surface area contributed by atoms with Gasteiger partial charge in [-0.2, -0.15) is 0 Å². The molecule has 0 saturated carbocycles. The number of Topliss-reactive ketones (excluding diaryl/α,β-unsaturated/α-hetero) is 1. The molecule has 2 aromatic rings. The van der Waals surface area contributed by atoms with Gasteiger partial charge in [0.05, 0.1) is 12.3 Å². The Labute approximate surface area is 182 Å². The van der Waals surface area contributed by atoms with Crippen molar-refractivity contribution in [3.63, 3.8) is 0 Å². The first-order valence-electron chi connectivity index (χ1n) is 10.3. The normalized spacial score (nSPS) is 13.1. The van der Waals surface area contributed by atoms with E-state index >= 15 is 0 Å². The Bertz CT molecular complexity index is 926. The van der Waals surface area contributed by atoms with Crippen LogP contribution < -0.4 is 10.2 Å². The number of anilines is 2. The van der Waals surface area contributed by atoms with Crippen molar-refractivity contribution in [2.45, 2.75) is 26.2 Å². The third-order valence-electron chi connectivity index (χ3n) is 4.97. The van der Waals surface area contributed by atoms with Crippen LogP contribution in [-0.2, 0) is 16.0 Å². The topological polar surface area (TPSA) is 58.6 Å². The van der Waals surface area contributed by atoms with E-state index in [0.29, 0.717) is 24.6 Å². The van der Waals surface area contributed by atoms with Crippen LogP contribution in [-0.4, -0.2) is 38.0 Å². The van der Waals surface area contributed by atoms with Crippen LogP contribution in [0.15, 0.2) is 54.6 Å². The summed E-state index contributed by atoms with van der Waals surface area (Å²) in [6.45, 7) is 4.42. The third kappa shape index (κ3) is 5.71.